The van der Waals surface area contributed by atoms with Gasteiger partial charge < -0.3 is 4.74 Å². The van der Waals surface area contributed by atoms with Gasteiger partial charge in [0.25, 0.3) is 0 Å². The molecule has 0 radical (unpaired) electrons. The summed E-state index contributed by atoms with van der Waals surface area (Å²) >= 11 is 0. The fraction of sp³-hybridized carbons (Fsp3) is 0.938. The van der Waals surface area contributed by atoms with E-state index in [9.17, 15) is 4.79 Å². The van der Waals surface area contributed by atoms with Gasteiger partial charge in [-0.15, -0.1) is 0 Å². The van der Waals surface area contributed by atoms with Gasteiger partial charge in [0.2, 0.25) is 0 Å². The first-order chi connectivity index (χ1) is 8.75. The third kappa shape index (κ3) is 4.29. The van der Waals surface area contributed by atoms with Crippen LogP contribution in [0.2, 0.25) is 0 Å². The largest absolute Gasteiger partial charge is 0.462 e. The molecule has 0 aromatic heterocycles. The van der Waals surface area contributed by atoms with Crippen molar-refractivity contribution in [2.24, 2.45) is 11.8 Å². The molecule has 2 aliphatic carbocycles. The topological polar surface area (TPSA) is 26.3 Å². The van der Waals surface area contributed by atoms with Crippen LogP contribution in [0.15, 0.2) is 0 Å². The normalized spacial score (nSPS) is 24.7. The summed E-state index contributed by atoms with van der Waals surface area (Å²) in [5, 5.41) is 0. The van der Waals surface area contributed by atoms with E-state index in [0.29, 0.717) is 12.3 Å². The number of ether oxygens (including phenoxy) is 1. The molecule has 0 aliphatic heterocycles. The molecule has 2 heteroatoms. The SMILES string of the molecule is CC(CC(=O)OC1CCCCC1)C1CCCCC1. The van der Waals surface area contributed by atoms with Gasteiger partial charge in [-0.25, -0.2) is 0 Å². The number of rotatable bonds is 4. The van der Waals surface area contributed by atoms with E-state index >= 15 is 0 Å². The maximum Gasteiger partial charge on any atom is 0.306 e. The molecule has 0 N–H and O–H groups in total. The molecule has 18 heavy (non-hydrogen) atoms. The third-order valence-electron chi connectivity index (χ3n) is 4.79. The maximum absolute atomic E-state index is 11.9. The third-order valence-corrected chi connectivity index (χ3v) is 4.79. The molecule has 0 aromatic carbocycles. The van der Waals surface area contributed by atoms with E-state index in [-0.39, 0.29) is 12.1 Å². The van der Waals surface area contributed by atoms with Gasteiger partial charge in [-0.3, -0.25) is 4.79 Å². The second-order valence-electron chi connectivity index (χ2n) is 6.33. The predicted molar refractivity (Wildman–Crippen MR) is 73.3 cm³/mol. The van der Waals surface area contributed by atoms with E-state index in [1.54, 1.807) is 0 Å². The first-order valence-electron chi connectivity index (χ1n) is 7.95. The van der Waals surface area contributed by atoms with Gasteiger partial charge in [-0.2, -0.15) is 0 Å². The highest BCUT2D eigenvalue weighted by Gasteiger charge is 2.24. The average Bonchev–Trinajstić information content (AvgIpc) is 2.40. The van der Waals surface area contributed by atoms with Gasteiger partial charge in [-0.1, -0.05) is 45.4 Å². The van der Waals surface area contributed by atoms with E-state index in [2.05, 4.69) is 6.92 Å². The number of hydrogen-bond donors (Lipinski definition) is 0. The van der Waals surface area contributed by atoms with Crippen molar-refractivity contribution in [2.75, 3.05) is 0 Å². The zero-order valence-electron chi connectivity index (χ0n) is 11.8. The molecule has 104 valence electrons. The number of carbonyl (C=O) groups excluding carboxylic acids is 1. The molecule has 2 saturated carbocycles. The van der Waals surface area contributed by atoms with Crippen LogP contribution >= 0.6 is 0 Å². The first kappa shape index (κ1) is 13.9. The highest BCUT2D eigenvalue weighted by molar-refractivity contribution is 5.69. The standard InChI is InChI=1S/C16H28O2/c1-13(14-8-4-2-5-9-14)12-16(17)18-15-10-6-3-7-11-15/h13-15H,2-12H2,1H3. The van der Waals surface area contributed by atoms with E-state index in [1.165, 1.54) is 51.4 Å². The molecule has 0 amide bonds. The maximum atomic E-state index is 11.9. The van der Waals surface area contributed by atoms with E-state index in [1.807, 2.05) is 0 Å². The lowest BCUT2D eigenvalue weighted by Crippen LogP contribution is -2.24. The summed E-state index contributed by atoms with van der Waals surface area (Å²) in [5.74, 6) is 1.33. The summed E-state index contributed by atoms with van der Waals surface area (Å²) in [6, 6.07) is 0. The zero-order valence-corrected chi connectivity index (χ0v) is 11.8. The van der Waals surface area contributed by atoms with Crippen LogP contribution in [0.1, 0.15) is 77.6 Å². The van der Waals surface area contributed by atoms with Gasteiger partial charge in [0, 0.05) is 6.42 Å². The second-order valence-corrected chi connectivity index (χ2v) is 6.33. The summed E-state index contributed by atoms with van der Waals surface area (Å²) in [6.45, 7) is 2.23. The summed E-state index contributed by atoms with van der Waals surface area (Å²) in [5.41, 5.74) is 0. The molecule has 0 spiro atoms. The molecular formula is C16H28O2. The van der Waals surface area contributed by atoms with Crippen LogP contribution in [0.4, 0.5) is 0 Å². The molecule has 1 unspecified atom stereocenters. The van der Waals surface area contributed by atoms with Gasteiger partial charge in [-0.05, 0) is 37.5 Å². The van der Waals surface area contributed by atoms with Crippen LogP contribution in [0.5, 0.6) is 0 Å². The highest BCUT2D eigenvalue weighted by atomic mass is 16.5. The van der Waals surface area contributed by atoms with Crippen molar-refractivity contribution in [3.8, 4) is 0 Å². The van der Waals surface area contributed by atoms with Gasteiger partial charge in [0.15, 0.2) is 0 Å². The summed E-state index contributed by atoms with van der Waals surface area (Å²) < 4.78 is 5.61. The zero-order chi connectivity index (χ0) is 12.8. The minimum absolute atomic E-state index is 0.0555. The second kappa shape index (κ2) is 7.16. The van der Waals surface area contributed by atoms with Gasteiger partial charge in [0.1, 0.15) is 6.10 Å². The Morgan fingerprint density at radius 3 is 2.17 bits per heavy atom. The quantitative estimate of drug-likeness (QED) is 0.690. The van der Waals surface area contributed by atoms with Crippen LogP contribution in [-0.2, 0) is 9.53 Å². The van der Waals surface area contributed by atoms with Crippen LogP contribution in [-0.4, -0.2) is 12.1 Å². The van der Waals surface area contributed by atoms with E-state index < -0.39 is 0 Å². The van der Waals surface area contributed by atoms with Gasteiger partial charge in [0.05, 0.1) is 0 Å². The van der Waals surface area contributed by atoms with Crippen molar-refractivity contribution < 1.29 is 9.53 Å². The van der Waals surface area contributed by atoms with Gasteiger partial charge >= 0.3 is 5.97 Å². The lowest BCUT2D eigenvalue weighted by atomic mass is 9.79. The van der Waals surface area contributed by atoms with E-state index in [0.717, 1.165) is 18.8 Å². The number of hydrogen-bond acceptors (Lipinski definition) is 2. The fourth-order valence-corrected chi connectivity index (χ4v) is 3.55. The van der Waals surface area contributed by atoms with Crippen molar-refractivity contribution in [1.82, 2.24) is 0 Å². The smallest absolute Gasteiger partial charge is 0.306 e. The molecule has 0 saturated heterocycles. The first-order valence-corrected chi connectivity index (χ1v) is 7.95. The van der Waals surface area contributed by atoms with Crippen molar-refractivity contribution in [3.63, 3.8) is 0 Å². The Hall–Kier alpha value is -0.530. The monoisotopic (exact) mass is 252 g/mol. The van der Waals surface area contributed by atoms with E-state index in [4.69, 9.17) is 4.74 Å². The Morgan fingerprint density at radius 2 is 1.56 bits per heavy atom. The summed E-state index contributed by atoms with van der Waals surface area (Å²) in [4.78, 5) is 11.9. The van der Waals surface area contributed by atoms with Crippen molar-refractivity contribution >= 4 is 5.97 Å². The van der Waals surface area contributed by atoms with Crippen LogP contribution in [0, 0.1) is 11.8 Å². The van der Waals surface area contributed by atoms with Crippen molar-refractivity contribution in [2.45, 2.75) is 83.7 Å². The Kier molecular flexibility index (Phi) is 5.52. The molecule has 2 rings (SSSR count). The van der Waals surface area contributed by atoms with Crippen LogP contribution in [0.3, 0.4) is 0 Å². The highest BCUT2D eigenvalue weighted by Crippen LogP contribution is 2.32. The van der Waals surface area contributed by atoms with Crippen molar-refractivity contribution in [1.29, 1.82) is 0 Å². The molecule has 0 aromatic rings. The predicted octanol–water partition coefficient (Wildman–Crippen LogP) is 4.47. The Balaban J connectivity index is 1.68. The lowest BCUT2D eigenvalue weighted by molar-refractivity contribution is -0.152. The minimum Gasteiger partial charge on any atom is -0.462 e. The Bertz CT molecular complexity index is 250. The molecule has 2 fully saturated rings. The van der Waals surface area contributed by atoms with Crippen LogP contribution in [0.25, 0.3) is 0 Å². The Labute approximate surface area is 111 Å². The fourth-order valence-electron chi connectivity index (χ4n) is 3.55. The van der Waals surface area contributed by atoms with Crippen molar-refractivity contribution in [3.05, 3.63) is 0 Å². The van der Waals surface area contributed by atoms with Crippen LogP contribution < -0.4 is 0 Å². The summed E-state index contributed by atoms with van der Waals surface area (Å²) in [7, 11) is 0. The minimum atomic E-state index is 0.0555. The lowest BCUT2D eigenvalue weighted by Gasteiger charge is -2.28. The number of esters is 1. The molecule has 1 atom stereocenters. The molecule has 0 bridgehead atoms. The Morgan fingerprint density at radius 1 is 1.00 bits per heavy atom. The molecule has 2 aliphatic rings. The molecule has 2 nitrogen and oxygen atoms in total. The average molecular weight is 252 g/mol. The molecule has 0 heterocycles. The molecular weight excluding hydrogens is 224 g/mol. The summed E-state index contributed by atoms with van der Waals surface area (Å²) in [6.07, 6.45) is 13.5. The number of carbonyl (C=O) groups is 1.